The van der Waals surface area contributed by atoms with E-state index in [1.807, 2.05) is 19.1 Å². The zero-order chi connectivity index (χ0) is 27.7. The topological polar surface area (TPSA) is 38.8 Å². The Morgan fingerprint density at radius 1 is 0.872 bits per heavy atom. The van der Waals surface area contributed by atoms with Crippen molar-refractivity contribution in [2.24, 2.45) is 17.8 Å². The third-order valence-corrected chi connectivity index (χ3v) is 9.60. The zero-order valence-corrected chi connectivity index (χ0v) is 24.2. The fraction of sp³-hybridized carbons (Fsp3) is 0.774. The zero-order valence-electron chi connectivity index (χ0n) is 23.4. The van der Waals surface area contributed by atoms with Crippen molar-refractivity contribution < 1.29 is 26.9 Å². The van der Waals surface area contributed by atoms with Gasteiger partial charge in [0, 0.05) is 31.5 Å². The van der Waals surface area contributed by atoms with E-state index in [9.17, 15) is 18.0 Å². The van der Waals surface area contributed by atoms with Crippen molar-refractivity contribution in [2.75, 3.05) is 19.7 Å². The summed E-state index contributed by atoms with van der Waals surface area (Å²) in [6.07, 6.45) is 16.7. The number of esters is 1. The normalized spacial score (nSPS) is 25.5. The fourth-order valence-corrected chi connectivity index (χ4v) is 7.72. The molecule has 0 saturated heterocycles. The second-order valence-corrected chi connectivity index (χ2v) is 12.7. The summed E-state index contributed by atoms with van der Waals surface area (Å²) in [6.45, 7) is 4.45. The van der Waals surface area contributed by atoms with Gasteiger partial charge in [-0.15, -0.1) is 0 Å². The molecule has 0 amide bonds. The first-order valence-corrected chi connectivity index (χ1v) is 16.0. The Hall–Kier alpha value is -1.41. The van der Waals surface area contributed by atoms with Gasteiger partial charge in [-0.2, -0.15) is 13.2 Å². The molecule has 39 heavy (non-hydrogen) atoms. The van der Waals surface area contributed by atoms with Gasteiger partial charge in [-0.05, 0) is 80.9 Å². The lowest BCUT2D eigenvalue weighted by molar-refractivity contribution is -0.145. The number of halogens is 3. The van der Waals surface area contributed by atoms with Crippen molar-refractivity contribution in [1.29, 1.82) is 0 Å². The number of nitrogens with zero attached hydrogens (tertiary/aromatic N) is 1. The molecule has 3 saturated carbocycles. The van der Waals surface area contributed by atoms with Crippen LogP contribution in [0.5, 0.6) is 5.75 Å². The van der Waals surface area contributed by atoms with E-state index in [4.69, 9.17) is 8.92 Å². The van der Waals surface area contributed by atoms with Crippen molar-refractivity contribution in [3.8, 4) is 5.75 Å². The highest BCUT2D eigenvalue weighted by molar-refractivity contribution is 7.95. The summed E-state index contributed by atoms with van der Waals surface area (Å²) in [4.78, 5) is 15.5. The first kappa shape index (κ1) is 30.5. The maximum Gasteiger partial charge on any atom is 0.479 e. The lowest BCUT2D eigenvalue weighted by atomic mass is 9.70. The summed E-state index contributed by atoms with van der Waals surface area (Å²) >= 11 is -0.483. The Morgan fingerprint density at radius 2 is 1.46 bits per heavy atom. The maximum absolute atomic E-state index is 12.7. The minimum absolute atomic E-state index is 0.139. The van der Waals surface area contributed by atoms with Crippen molar-refractivity contribution in [3.05, 3.63) is 29.8 Å². The van der Waals surface area contributed by atoms with Crippen LogP contribution in [0.15, 0.2) is 24.3 Å². The van der Waals surface area contributed by atoms with Crippen LogP contribution in [0.3, 0.4) is 0 Å². The molecule has 0 bridgehead atoms. The van der Waals surface area contributed by atoms with Gasteiger partial charge in [-0.25, -0.2) is 0 Å². The smallest absolute Gasteiger partial charge is 0.466 e. The molecule has 8 heteroatoms. The van der Waals surface area contributed by atoms with E-state index in [2.05, 4.69) is 4.90 Å². The third-order valence-electron chi connectivity index (χ3n) is 9.13. The van der Waals surface area contributed by atoms with Crippen molar-refractivity contribution >= 4 is 18.0 Å². The summed E-state index contributed by atoms with van der Waals surface area (Å²) in [5, 5.41) is 0. The molecule has 220 valence electrons. The fourth-order valence-electron chi connectivity index (χ4n) is 7.42. The number of alkyl halides is 3. The molecule has 1 aromatic rings. The number of hydrogen-bond donors (Lipinski definition) is 0. The molecule has 3 aliphatic carbocycles. The van der Waals surface area contributed by atoms with Crippen LogP contribution in [0.1, 0.15) is 108 Å². The van der Waals surface area contributed by atoms with Gasteiger partial charge in [-0.3, -0.25) is 9.69 Å². The molecular formula is C31H46F3NO3S. The molecule has 4 rings (SSSR count). The molecule has 3 atom stereocenters. The summed E-state index contributed by atoms with van der Waals surface area (Å²) in [6, 6.07) is 7.46. The lowest BCUT2D eigenvalue weighted by Gasteiger charge is -2.47. The molecule has 0 radical (unpaired) electrons. The van der Waals surface area contributed by atoms with E-state index >= 15 is 0 Å². The Bertz CT molecular complexity index is 849. The van der Waals surface area contributed by atoms with Gasteiger partial charge < -0.3 is 8.92 Å². The summed E-state index contributed by atoms with van der Waals surface area (Å²) < 4.78 is 48.3. The number of benzene rings is 1. The van der Waals surface area contributed by atoms with Crippen molar-refractivity contribution in [1.82, 2.24) is 4.90 Å². The second-order valence-electron chi connectivity index (χ2n) is 11.9. The highest BCUT2D eigenvalue weighted by Crippen LogP contribution is 2.44. The average molecular weight is 570 g/mol. The molecule has 0 spiro atoms. The second kappa shape index (κ2) is 15.0. The van der Waals surface area contributed by atoms with Crippen molar-refractivity contribution in [3.63, 3.8) is 0 Å². The van der Waals surface area contributed by atoms with Gasteiger partial charge in [-0.1, -0.05) is 57.1 Å². The van der Waals surface area contributed by atoms with Gasteiger partial charge in [0.05, 0.1) is 6.61 Å². The monoisotopic (exact) mass is 569 g/mol. The van der Waals surface area contributed by atoms with Crippen LogP contribution in [-0.2, 0) is 9.53 Å². The van der Waals surface area contributed by atoms with Gasteiger partial charge >= 0.3 is 11.5 Å². The van der Waals surface area contributed by atoms with Crippen LogP contribution in [0.25, 0.3) is 0 Å². The highest BCUT2D eigenvalue weighted by Gasteiger charge is 2.40. The summed E-state index contributed by atoms with van der Waals surface area (Å²) in [5.41, 5.74) is -3.35. The van der Waals surface area contributed by atoms with Gasteiger partial charge in [0.2, 0.25) is 0 Å². The van der Waals surface area contributed by atoms with E-state index in [1.165, 1.54) is 64.2 Å². The van der Waals surface area contributed by atoms with Gasteiger partial charge in [0.1, 0.15) is 5.75 Å². The highest BCUT2D eigenvalue weighted by atomic mass is 32.2. The molecule has 0 aromatic heterocycles. The van der Waals surface area contributed by atoms with Crippen LogP contribution < -0.4 is 4.18 Å². The lowest BCUT2D eigenvalue weighted by Crippen LogP contribution is -2.49. The van der Waals surface area contributed by atoms with Crippen LogP contribution in [0, 0.1) is 17.8 Å². The quantitative estimate of drug-likeness (QED) is 0.197. The Morgan fingerprint density at radius 3 is 2.00 bits per heavy atom. The minimum Gasteiger partial charge on any atom is -0.466 e. The average Bonchev–Trinajstić information content (AvgIpc) is 2.93. The minimum atomic E-state index is -4.45. The molecular weight excluding hydrogens is 523 g/mol. The molecule has 3 unspecified atom stereocenters. The van der Waals surface area contributed by atoms with E-state index < -0.39 is 17.6 Å². The van der Waals surface area contributed by atoms with Crippen LogP contribution in [-0.4, -0.2) is 42.1 Å². The third kappa shape index (κ3) is 9.58. The van der Waals surface area contributed by atoms with Crippen LogP contribution >= 0.6 is 12.0 Å². The first-order chi connectivity index (χ1) is 18.8. The number of carbonyl (C=O) groups excluding carboxylic acids is 1. The SMILES string of the molecule is CCOC(=O)CC1CCCC(N(CC2CCCCC2)CC2CCCCC2)C1c1ccc(OSC(F)(F)F)cc1. The number of hydrogen-bond acceptors (Lipinski definition) is 5. The van der Waals surface area contributed by atoms with Gasteiger partial charge in [0.25, 0.3) is 0 Å². The van der Waals surface area contributed by atoms with E-state index in [0.29, 0.717) is 19.1 Å². The molecule has 3 fully saturated rings. The Kier molecular flexibility index (Phi) is 11.7. The van der Waals surface area contributed by atoms with E-state index in [1.54, 1.807) is 12.1 Å². The molecule has 3 aliphatic rings. The van der Waals surface area contributed by atoms with E-state index in [-0.39, 0.29) is 23.6 Å². The largest absolute Gasteiger partial charge is 0.479 e. The predicted octanol–water partition coefficient (Wildman–Crippen LogP) is 8.90. The molecule has 0 heterocycles. The van der Waals surface area contributed by atoms with Crippen LogP contribution in [0.2, 0.25) is 0 Å². The number of rotatable bonds is 11. The Labute approximate surface area is 237 Å². The van der Waals surface area contributed by atoms with E-state index in [0.717, 1.165) is 49.8 Å². The molecule has 0 aliphatic heterocycles. The van der Waals surface area contributed by atoms with Gasteiger partial charge in [0.15, 0.2) is 12.0 Å². The molecule has 0 N–H and O–H groups in total. The molecule has 1 aromatic carbocycles. The summed E-state index contributed by atoms with van der Waals surface area (Å²) in [7, 11) is 0. The Balaban J connectivity index is 1.59. The maximum atomic E-state index is 12.7. The van der Waals surface area contributed by atoms with Crippen LogP contribution in [0.4, 0.5) is 13.2 Å². The number of ether oxygens (including phenoxy) is 1. The predicted molar refractivity (Wildman–Crippen MR) is 151 cm³/mol. The summed E-state index contributed by atoms with van der Waals surface area (Å²) in [5.74, 6) is 1.78. The first-order valence-electron chi connectivity index (χ1n) is 15.2. The van der Waals surface area contributed by atoms with Crippen molar-refractivity contribution in [2.45, 2.75) is 114 Å². The standard InChI is InChI=1S/C31H46F3NO3S/c1-2-37-29(36)20-26-14-9-15-28(30(26)25-16-18-27(19-17-25)38-39-31(32,33)34)35(21-23-10-5-3-6-11-23)22-24-12-7-4-8-13-24/h16-19,23-24,26,28,30H,2-15,20-22H2,1H3. The molecule has 4 nitrogen and oxygen atoms in total. The number of carbonyl (C=O) groups is 1.